The van der Waals surface area contributed by atoms with Crippen LogP contribution in [0.4, 0.5) is 0 Å². The lowest BCUT2D eigenvalue weighted by Gasteiger charge is -2.07. The summed E-state index contributed by atoms with van der Waals surface area (Å²) in [5.41, 5.74) is 3.84. The van der Waals surface area contributed by atoms with Gasteiger partial charge in [-0.3, -0.25) is 4.57 Å². The van der Waals surface area contributed by atoms with E-state index in [1.807, 2.05) is 66.9 Å². The fourth-order valence-electron chi connectivity index (χ4n) is 1.50. The molecular weight excluding hydrogens is 259 g/mol. The summed E-state index contributed by atoms with van der Waals surface area (Å²) in [5.74, 6) is 3.00. The molecule has 0 aliphatic heterocycles. The van der Waals surface area contributed by atoms with E-state index >= 15 is 0 Å². The van der Waals surface area contributed by atoms with E-state index in [0.29, 0.717) is 0 Å². The van der Waals surface area contributed by atoms with Crippen LogP contribution in [0.15, 0.2) is 60.7 Å². The SMILES string of the molecule is CS[P@@](=O)(C#Cc1ccccc1)c1ccccc1. The van der Waals surface area contributed by atoms with Gasteiger partial charge >= 0.3 is 0 Å². The van der Waals surface area contributed by atoms with E-state index in [-0.39, 0.29) is 0 Å². The molecule has 3 heteroatoms. The van der Waals surface area contributed by atoms with Gasteiger partial charge in [-0.1, -0.05) is 53.7 Å². The summed E-state index contributed by atoms with van der Waals surface area (Å²) in [6.07, 6.45) is -0.822. The van der Waals surface area contributed by atoms with E-state index in [1.54, 1.807) is 0 Å². The minimum Gasteiger partial charge on any atom is -0.293 e. The zero-order valence-electron chi connectivity index (χ0n) is 10.0. The molecule has 0 saturated heterocycles. The molecule has 0 saturated carbocycles. The average Bonchev–Trinajstić information content (AvgIpc) is 2.47. The fraction of sp³-hybridized carbons (Fsp3) is 0.0667. The lowest BCUT2D eigenvalue weighted by atomic mass is 10.2. The predicted octanol–water partition coefficient (Wildman–Crippen LogP) is 3.96. The van der Waals surface area contributed by atoms with Crippen LogP contribution in [0, 0.1) is 11.6 Å². The third kappa shape index (κ3) is 3.07. The minimum atomic E-state index is -2.66. The fourth-order valence-corrected chi connectivity index (χ4v) is 4.18. The third-order valence-corrected chi connectivity index (χ3v) is 6.82. The number of hydrogen-bond donors (Lipinski definition) is 0. The second-order valence-electron chi connectivity index (χ2n) is 3.67. The van der Waals surface area contributed by atoms with Crippen molar-refractivity contribution in [3.63, 3.8) is 0 Å². The molecule has 2 aromatic rings. The zero-order chi connectivity index (χ0) is 12.8. The van der Waals surface area contributed by atoms with E-state index in [1.165, 1.54) is 11.4 Å². The van der Waals surface area contributed by atoms with Gasteiger partial charge in [0.25, 0.3) is 0 Å². The highest BCUT2D eigenvalue weighted by atomic mass is 32.7. The standard InChI is InChI=1S/C15H13OPS/c1-18-17(16,15-10-6-3-7-11-15)13-12-14-8-4-2-5-9-14/h2-11H,1H3/t17-/m0/s1. The molecule has 0 unspecified atom stereocenters. The van der Waals surface area contributed by atoms with Crippen LogP contribution >= 0.6 is 17.7 Å². The zero-order valence-corrected chi connectivity index (χ0v) is 11.7. The highest BCUT2D eigenvalue weighted by Crippen LogP contribution is 2.54. The summed E-state index contributed by atoms with van der Waals surface area (Å²) in [7, 11) is 0. The van der Waals surface area contributed by atoms with Crippen LogP contribution < -0.4 is 5.30 Å². The van der Waals surface area contributed by atoms with Gasteiger partial charge in [0.2, 0.25) is 6.34 Å². The minimum absolute atomic E-state index is 0.806. The summed E-state index contributed by atoms with van der Waals surface area (Å²) < 4.78 is 12.7. The van der Waals surface area contributed by atoms with Crippen LogP contribution in [0.1, 0.15) is 5.56 Å². The number of hydrogen-bond acceptors (Lipinski definition) is 2. The Morgan fingerprint density at radius 2 is 1.50 bits per heavy atom. The van der Waals surface area contributed by atoms with Gasteiger partial charge in [-0.25, -0.2) is 0 Å². The van der Waals surface area contributed by atoms with Gasteiger partial charge < -0.3 is 0 Å². The molecule has 1 nitrogen and oxygen atoms in total. The Morgan fingerprint density at radius 3 is 2.06 bits per heavy atom. The molecule has 1 atom stereocenters. The van der Waals surface area contributed by atoms with Gasteiger partial charge in [-0.15, -0.1) is 0 Å². The predicted molar refractivity (Wildman–Crippen MR) is 80.5 cm³/mol. The van der Waals surface area contributed by atoms with Gasteiger partial charge in [0.1, 0.15) is 0 Å². The lowest BCUT2D eigenvalue weighted by Crippen LogP contribution is -1.98. The molecule has 0 spiro atoms. The Hall–Kier alpha value is -1.42. The largest absolute Gasteiger partial charge is 0.293 e. The van der Waals surface area contributed by atoms with Crippen molar-refractivity contribution in [2.24, 2.45) is 0 Å². The summed E-state index contributed by atoms with van der Waals surface area (Å²) in [4.78, 5) is 0. The maximum absolute atomic E-state index is 12.7. The van der Waals surface area contributed by atoms with Crippen molar-refractivity contribution < 1.29 is 4.57 Å². The van der Waals surface area contributed by atoms with E-state index in [4.69, 9.17) is 0 Å². The van der Waals surface area contributed by atoms with Crippen molar-refractivity contribution in [2.45, 2.75) is 0 Å². The molecule has 0 aliphatic carbocycles. The Balaban J connectivity index is 2.36. The van der Waals surface area contributed by atoms with E-state index in [2.05, 4.69) is 11.6 Å². The smallest absolute Gasteiger partial charge is 0.235 e. The first-order valence-electron chi connectivity index (χ1n) is 5.54. The summed E-state index contributed by atoms with van der Waals surface area (Å²) in [6, 6.07) is 19.1. The average molecular weight is 272 g/mol. The second kappa shape index (κ2) is 5.96. The van der Waals surface area contributed by atoms with Crippen LogP contribution in [0.5, 0.6) is 0 Å². The Bertz CT molecular complexity index is 611. The monoisotopic (exact) mass is 272 g/mol. The van der Waals surface area contributed by atoms with Crippen LogP contribution in [-0.4, -0.2) is 6.26 Å². The molecule has 2 rings (SSSR count). The van der Waals surface area contributed by atoms with Crippen molar-refractivity contribution in [1.82, 2.24) is 0 Å². The van der Waals surface area contributed by atoms with E-state index in [9.17, 15) is 4.57 Å². The summed E-state index contributed by atoms with van der Waals surface area (Å²) in [6.45, 7) is 0. The van der Waals surface area contributed by atoms with E-state index < -0.39 is 6.34 Å². The Labute approximate surface area is 112 Å². The maximum Gasteiger partial charge on any atom is 0.235 e. The van der Waals surface area contributed by atoms with Gasteiger partial charge in [0, 0.05) is 10.9 Å². The Kier molecular flexibility index (Phi) is 4.31. The molecule has 0 N–H and O–H groups in total. The van der Waals surface area contributed by atoms with Crippen molar-refractivity contribution >= 4 is 23.0 Å². The second-order valence-corrected chi connectivity index (χ2v) is 8.52. The van der Waals surface area contributed by atoms with E-state index in [0.717, 1.165) is 10.9 Å². The van der Waals surface area contributed by atoms with Crippen LogP contribution in [-0.2, 0) is 4.57 Å². The number of rotatable bonds is 2. The first-order chi connectivity index (χ1) is 8.74. The maximum atomic E-state index is 12.7. The quantitative estimate of drug-likeness (QED) is 0.608. The highest BCUT2D eigenvalue weighted by molar-refractivity contribution is 8.61. The van der Waals surface area contributed by atoms with Crippen LogP contribution in [0.2, 0.25) is 0 Å². The normalized spacial score (nSPS) is 13.2. The van der Waals surface area contributed by atoms with Crippen molar-refractivity contribution in [3.8, 4) is 11.6 Å². The molecule has 18 heavy (non-hydrogen) atoms. The third-order valence-electron chi connectivity index (χ3n) is 2.47. The molecule has 0 aliphatic rings. The summed E-state index contributed by atoms with van der Waals surface area (Å²) in [5, 5.41) is 0.806. The number of benzene rings is 2. The van der Waals surface area contributed by atoms with Gasteiger partial charge in [-0.2, -0.15) is 0 Å². The van der Waals surface area contributed by atoms with Crippen molar-refractivity contribution in [3.05, 3.63) is 66.2 Å². The molecule has 0 amide bonds. The summed E-state index contributed by atoms with van der Waals surface area (Å²) >= 11 is 1.33. The van der Waals surface area contributed by atoms with Gasteiger partial charge in [0.15, 0.2) is 0 Å². The lowest BCUT2D eigenvalue weighted by molar-refractivity contribution is 0.596. The highest BCUT2D eigenvalue weighted by Gasteiger charge is 2.19. The first kappa shape index (κ1) is 13.0. The molecule has 0 fully saturated rings. The molecule has 0 bridgehead atoms. The van der Waals surface area contributed by atoms with Crippen LogP contribution in [0.25, 0.3) is 0 Å². The Morgan fingerprint density at radius 1 is 0.944 bits per heavy atom. The molecular formula is C15H13OPS. The van der Waals surface area contributed by atoms with Gasteiger partial charge in [-0.05, 0) is 36.2 Å². The van der Waals surface area contributed by atoms with Gasteiger partial charge in [0.05, 0.1) is 0 Å². The topological polar surface area (TPSA) is 17.1 Å². The first-order valence-corrected chi connectivity index (χ1v) is 9.08. The molecule has 2 aromatic carbocycles. The molecule has 0 aromatic heterocycles. The molecule has 0 radical (unpaired) electrons. The van der Waals surface area contributed by atoms with Crippen LogP contribution in [0.3, 0.4) is 0 Å². The van der Waals surface area contributed by atoms with Crippen molar-refractivity contribution in [1.29, 1.82) is 0 Å². The molecule has 90 valence electrons. The molecule has 0 heterocycles. The van der Waals surface area contributed by atoms with Crippen molar-refractivity contribution in [2.75, 3.05) is 6.26 Å².